The third kappa shape index (κ3) is 1.32. The molecule has 0 radical (unpaired) electrons. The maximum Gasteiger partial charge on any atom is 0.196 e. The molecule has 0 saturated carbocycles. The number of nitrogens with one attached hydrogen (secondary N) is 1. The van der Waals surface area contributed by atoms with Crippen LogP contribution in [0.25, 0.3) is 5.65 Å². The molecular weight excluding hydrogens is 166 g/mol. The van der Waals surface area contributed by atoms with E-state index in [1.54, 1.807) is 10.7 Å². The predicted octanol–water partition coefficient (Wildman–Crippen LogP) is 0.865. The van der Waals surface area contributed by atoms with Crippen molar-refractivity contribution in [1.29, 1.82) is 0 Å². The average Bonchev–Trinajstić information content (AvgIpc) is 2.52. The smallest absolute Gasteiger partial charge is 0.196 e. The molecule has 0 aromatic carbocycles. The van der Waals surface area contributed by atoms with Crippen molar-refractivity contribution < 1.29 is 0 Å². The largest absolute Gasteiger partial charge is 0.367 e. The number of aryl methyl sites for hydroxylation is 1. The Kier molecular flexibility index (Phi) is 1.84. The first kappa shape index (κ1) is 7.97. The maximum absolute atomic E-state index is 4.26. The maximum atomic E-state index is 4.26. The van der Waals surface area contributed by atoms with Crippen molar-refractivity contribution in [1.82, 2.24) is 19.6 Å². The van der Waals surface area contributed by atoms with Gasteiger partial charge in [-0.15, -0.1) is 0 Å². The van der Waals surface area contributed by atoms with Gasteiger partial charge in [-0.1, -0.05) is 0 Å². The number of fused-ring (bicyclic) bond motifs is 1. The summed E-state index contributed by atoms with van der Waals surface area (Å²) in [5.41, 5.74) is 0.771. The van der Waals surface area contributed by atoms with Gasteiger partial charge in [0.25, 0.3) is 0 Å². The molecule has 5 heteroatoms. The molecule has 2 rings (SSSR count). The third-order valence-corrected chi connectivity index (χ3v) is 1.70. The van der Waals surface area contributed by atoms with E-state index in [0.29, 0.717) is 0 Å². The Morgan fingerprint density at radius 2 is 2.38 bits per heavy atom. The van der Waals surface area contributed by atoms with Crippen molar-refractivity contribution in [2.75, 3.05) is 11.9 Å². The molecule has 2 aromatic rings. The Morgan fingerprint density at radius 3 is 3.15 bits per heavy atom. The van der Waals surface area contributed by atoms with Gasteiger partial charge >= 0.3 is 0 Å². The minimum absolute atomic E-state index is 0.737. The van der Waals surface area contributed by atoms with Gasteiger partial charge in [0.15, 0.2) is 11.5 Å². The highest BCUT2D eigenvalue weighted by atomic mass is 15.3. The average molecular weight is 177 g/mol. The topological polar surface area (TPSA) is 55.1 Å². The number of anilines is 1. The van der Waals surface area contributed by atoms with Crippen LogP contribution in [0.1, 0.15) is 12.7 Å². The second-order valence-corrected chi connectivity index (χ2v) is 2.73. The summed E-state index contributed by atoms with van der Waals surface area (Å²) >= 11 is 0. The zero-order chi connectivity index (χ0) is 9.26. The summed E-state index contributed by atoms with van der Waals surface area (Å²) in [6, 6.07) is 0. The quantitative estimate of drug-likeness (QED) is 0.739. The molecule has 13 heavy (non-hydrogen) atoms. The van der Waals surface area contributed by atoms with Crippen molar-refractivity contribution in [2.24, 2.45) is 0 Å². The fraction of sp³-hybridized carbons (Fsp3) is 0.375. The van der Waals surface area contributed by atoms with Gasteiger partial charge in [-0.05, 0) is 13.8 Å². The van der Waals surface area contributed by atoms with E-state index >= 15 is 0 Å². The molecule has 0 bridgehead atoms. The molecule has 0 aliphatic carbocycles. The van der Waals surface area contributed by atoms with Crippen LogP contribution in [0.4, 0.5) is 5.82 Å². The Bertz CT molecular complexity index is 419. The lowest BCUT2D eigenvalue weighted by molar-refractivity contribution is 0.852. The first-order chi connectivity index (χ1) is 6.31. The summed E-state index contributed by atoms with van der Waals surface area (Å²) < 4.78 is 1.72. The molecule has 2 heterocycles. The second kappa shape index (κ2) is 3.01. The lowest BCUT2D eigenvalue weighted by atomic mass is 10.6. The van der Waals surface area contributed by atoms with Gasteiger partial charge in [-0.3, -0.25) is 0 Å². The highest BCUT2D eigenvalue weighted by molar-refractivity contribution is 5.61. The fourth-order valence-corrected chi connectivity index (χ4v) is 1.22. The minimum atomic E-state index is 0.737. The number of rotatable bonds is 2. The molecule has 0 saturated heterocycles. The third-order valence-electron chi connectivity index (χ3n) is 1.70. The van der Waals surface area contributed by atoms with Crippen molar-refractivity contribution in [2.45, 2.75) is 13.8 Å². The van der Waals surface area contributed by atoms with Crippen LogP contribution in [0.5, 0.6) is 0 Å². The van der Waals surface area contributed by atoms with E-state index in [2.05, 4.69) is 20.4 Å². The van der Waals surface area contributed by atoms with E-state index < -0.39 is 0 Å². The predicted molar refractivity (Wildman–Crippen MR) is 49.7 cm³/mol. The molecule has 0 aliphatic heterocycles. The van der Waals surface area contributed by atoms with Crippen LogP contribution < -0.4 is 5.32 Å². The number of imidazole rings is 1. The molecule has 1 N–H and O–H groups in total. The number of aromatic nitrogens is 4. The molecule has 0 atom stereocenters. The molecule has 0 spiro atoms. The fourth-order valence-electron chi connectivity index (χ4n) is 1.22. The molecule has 0 amide bonds. The molecule has 0 aliphatic rings. The van der Waals surface area contributed by atoms with E-state index in [0.717, 1.165) is 23.8 Å². The van der Waals surface area contributed by atoms with Crippen LogP contribution in [-0.2, 0) is 0 Å². The van der Waals surface area contributed by atoms with Crippen LogP contribution in [0.15, 0.2) is 12.4 Å². The minimum Gasteiger partial charge on any atom is -0.367 e. The zero-order valence-corrected chi connectivity index (χ0v) is 7.65. The SMILES string of the molecule is CCNc1nc(C)nn2ccnc12. The first-order valence-electron chi connectivity index (χ1n) is 4.23. The van der Waals surface area contributed by atoms with Gasteiger partial charge in [0.2, 0.25) is 0 Å². The number of nitrogens with zero attached hydrogens (tertiary/aromatic N) is 4. The summed E-state index contributed by atoms with van der Waals surface area (Å²) in [5, 5.41) is 7.32. The Balaban J connectivity index is 2.63. The summed E-state index contributed by atoms with van der Waals surface area (Å²) in [4.78, 5) is 8.41. The Hall–Kier alpha value is -1.65. The second-order valence-electron chi connectivity index (χ2n) is 2.73. The van der Waals surface area contributed by atoms with E-state index in [-0.39, 0.29) is 0 Å². The summed E-state index contributed by atoms with van der Waals surface area (Å²) in [5.74, 6) is 1.53. The molecular formula is C8H11N5. The molecule has 2 aromatic heterocycles. The van der Waals surface area contributed by atoms with Crippen molar-refractivity contribution in [3.05, 3.63) is 18.2 Å². The lowest BCUT2D eigenvalue weighted by Gasteiger charge is -2.03. The van der Waals surface area contributed by atoms with Crippen LogP contribution in [0.2, 0.25) is 0 Å². The Labute approximate surface area is 75.8 Å². The van der Waals surface area contributed by atoms with E-state index in [1.807, 2.05) is 20.0 Å². The van der Waals surface area contributed by atoms with Crippen molar-refractivity contribution in [3.63, 3.8) is 0 Å². The first-order valence-corrected chi connectivity index (χ1v) is 4.23. The molecule has 5 nitrogen and oxygen atoms in total. The van der Waals surface area contributed by atoms with E-state index in [9.17, 15) is 0 Å². The normalized spacial score (nSPS) is 10.6. The van der Waals surface area contributed by atoms with Crippen LogP contribution in [-0.4, -0.2) is 26.1 Å². The van der Waals surface area contributed by atoms with Crippen molar-refractivity contribution in [3.8, 4) is 0 Å². The van der Waals surface area contributed by atoms with Crippen LogP contribution in [0, 0.1) is 6.92 Å². The van der Waals surface area contributed by atoms with Crippen LogP contribution in [0.3, 0.4) is 0 Å². The Morgan fingerprint density at radius 1 is 1.54 bits per heavy atom. The highest BCUT2D eigenvalue weighted by Gasteiger charge is 2.04. The number of hydrogen-bond acceptors (Lipinski definition) is 4. The lowest BCUT2D eigenvalue weighted by Crippen LogP contribution is -2.06. The number of hydrogen-bond donors (Lipinski definition) is 1. The monoisotopic (exact) mass is 177 g/mol. The highest BCUT2D eigenvalue weighted by Crippen LogP contribution is 2.09. The van der Waals surface area contributed by atoms with Gasteiger partial charge in [0.1, 0.15) is 5.82 Å². The molecule has 0 fully saturated rings. The summed E-state index contributed by atoms with van der Waals surface area (Å²) in [6.45, 7) is 4.72. The van der Waals surface area contributed by atoms with Crippen molar-refractivity contribution >= 4 is 11.5 Å². The van der Waals surface area contributed by atoms with Gasteiger partial charge in [0, 0.05) is 18.9 Å². The zero-order valence-electron chi connectivity index (χ0n) is 7.65. The summed E-state index contributed by atoms with van der Waals surface area (Å²) in [7, 11) is 0. The van der Waals surface area contributed by atoms with Gasteiger partial charge in [-0.2, -0.15) is 5.10 Å². The molecule has 68 valence electrons. The summed E-state index contributed by atoms with van der Waals surface area (Å²) in [6.07, 6.45) is 3.52. The van der Waals surface area contributed by atoms with E-state index in [1.165, 1.54) is 0 Å². The van der Waals surface area contributed by atoms with E-state index in [4.69, 9.17) is 0 Å². The standard InChI is InChI=1S/C8H11N5/c1-3-9-7-8-10-4-5-13(8)12-6(2)11-7/h4-5H,3H2,1-2H3,(H,9,11,12). The van der Waals surface area contributed by atoms with Gasteiger partial charge < -0.3 is 5.32 Å². The van der Waals surface area contributed by atoms with Crippen LogP contribution >= 0.6 is 0 Å². The van der Waals surface area contributed by atoms with Gasteiger partial charge in [-0.25, -0.2) is 14.5 Å². The molecule has 0 unspecified atom stereocenters. The van der Waals surface area contributed by atoms with Gasteiger partial charge in [0.05, 0.1) is 0 Å².